The summed E-state index contributed by atoms with van der Waals surface area (Å²) in [4.78, 5) is 30.0. The van der Waals surface area contributed by atoms with Gasteiger partial charge < -0.3 is 15.3 Å². The topological polar surface area (TPSA) is 82.5 Å². The van der Waals surface area contributed by atoms with Crippen LogP contribution >= 0.6 is 11.3 Å². The first-order chi connectivity index (χ1) is 10.7. The van der Waals surface area contributed by atoms with Gasteiger partial charge in [0.15, 0.2) is 0 Å². The second-order valence-corrected chi connectivity index (χ2v) is 8.29. The van der Waals surface area contributed by atoms with Crippen LogP contribution in [0.15, 0.2) is 5.38 Å². The lowest BCUT2D eigenvalue weighted by atomic mass is 9.87. The minimum atomic E-state index is -0.927. The van der Waals surface area contributed by atoms with Crippen LogP contribution in [0.3, 0.4) is 0 Å². The Labute approximate surface area is 140 Å². The number of nitrogens with one attached hydrogen (secondary N) is 1. The van der Waals surface area contributed by atoms with Gasteiger partial charge in [-0.3, -0.25) is 4.79 Å². The molecular weight excluding hydrogens is 314 g/mol. The van der Waals surface area contributed by atoms with Crippen molar-refractivity contribution >= 4 is 23.2 Å². The lowest BCUT2D eigenvalue weighted by molar-refractivity contribution is -0.150. The van der Waals surface area contributed by atoms with E-state index in [1.54, 1.807) is 11.3 Å². The zero-order valence-corrected chi connectivity index (χ0v) is 14.9. The van der Waals surface area contributed by atoms with Crippen molar-refractivity contribution in [1.29, 1.82) is 0 Å². The lowest BCUT2D eigenvalue weighted by Crippen LogP contribution is -2.47. The van der Waals surface area contributed by atoms with Crippen LogP contribution in [0, 0.1) is 12.3 Å². The average Bonchev–Trinajstić information content (AvgIpc) is 2.99. The fourth-order valence-corrected chi connectivity index (χ4v) is 3.44. The number of carbonyl (C=O) groups excluding carboxylic acids is 1. The van der Waals surface area contributed by atoms with E-state index >= 15 is 0 Å². The Balaban J connectivity index is 1.97. The molecule has 1 aromatic rings. The molecule has 0 aliphatic carbocycles. The Morgan fingerprint density at radius 1 is 1.57 bits per heavy atom. The van der Waals surface area contributed by atoms with Gasteiger partial charge in [-0.2, -0.15) is 0 Å². The highest BCUT2D eigenvalue weighted by atomic mass is 32.1. The first kappa shape index (κ1) is 17.9. The third-order valence-electron chi connectivity index (χ3n) is 3.90. The molecule has 0 radical (unpaired) electrons. The zero-order valence-electron chi connectivity index (χ0n) is 14.1. The van der Waals surface area contributed by atoms with Gasteiger partial charge in [-0.25, -0.2) is 9.78 Å². The van der Waals surface area contributed by atoms with E-state index in [4.69, 9.17) is 0 Å². The molecule has 7 heteroatoms. The smallest absolute Gasteiger partial charge is 0.326 e. The van der Waals surface area contributed by atoms with Crippen LogP contribution in [-0.4, -0.2) is 45.5 Å². The number of carbonyl (C=O) groups is 2. The number of hydrogen-bond donors (Lipinski definition) is 2. The van der Waals surface area contributed by atoms with E-state index < -0.39 is 12.0 Å². The number of nitrogens with zero attached hydrogens (tertiary/aromatic N) is 2. The normalized spacial score (nSPS) is 20.1. The molecule has 2 atom stereocenters. The molecule has 1 aromatic heterocycles. The largest absolute Gasteiger partial charge is 0.480 e. The molecule has 1 amide bonds. The molecule has 2 N–H and O–H groups in total. The third-order valence-corrected chi connectivity index (χ3v) is 4.73. The monoisotopic (exact) mass is 339 g/mol. The van der Waals surface area contributed by atoms with Crippen LogP contribution in [-0.2, 0) is 16.1 Å². The maximum atomic E-state index is 12.5. The van der Waals surface area contributed by atoms with Gasteiger partial charge >= 0.3 is 5.97 Å². The third kappa shape index (κ3) is 4.75. The molecule has 0 saturated carbocycles. The highest BCUT2D eigenvalue weighted by Crippen LogP contribution is 2.26. The van der Waals surface area contributed by atoms with Crippen LogP contribution in [0.25, 0.3) is 0 Å². The van der Waals surface area contributed by atoms with E-state index in [1.165, 1.54) is 4.90 Å². The number of rotatable bonds is 6. The SMILES string of the molecule is Cc1nc(CN[C@H]2CCN([C@@H](CC(C)(C)C)C(=O)O)C2=O)cs1. The van der Waals surface area contributed by atoms with Crippen molar-refractivity contribution in [3.8, 4) is 0 Å². The number of thiazole rings is 1. The van der Waals surface area contributed by atoms with Gasteiger partial charge in [-0.1, -0.05) is 20.8 Å². The molecule has 0 spiro atoms. The molecule has 6 nitrogen and oxygen atoms in total. The molecule has 1 saturated heterocycles. The summed E-state index contributed by atoms with van der Waals surface area (Å²) >= 11 is 1.58. The average molecular weight is 339 g/mol. The minimum Gasteiger partial charge on any atom is -0.480 e. The number of aliphatic carboxylic acids is 1. The lowest BCUT2D eigenvalue weighted by Gasteiger charge is -2.30. The van der Waals surface area contributed by atoms with E-state index in [2.05, 4.69) is 10.3 Å². The molecule has 23 heavy (non-hydrogen) atoms. The van der Waals surface area contributed by atoms with Gasteiger partial charge in [-0.15, -0.1) is 11.3 Å². The summed E-state index contributed by atoms with van der Waals surface area (Å²) in [5.41, 5.74) is 0.774. The molecule has 128 valence electrons. The van der Waals surface area contributed by atoms with Crippen molar-refractivity contribution in [1.82, 2.24) is 15.2 Å². The molecule has 1 aliphatic rings. The predicted molar refractivity (Wildman–Crippen MR) is 89.3 cm³/mol. The molecule has 0 unspecified atom stereocenters. The van der Waals surface area contributed by atoms with E-state index in [-0.39, 0.29) is 17.4 Å². The first-order valence-corrected chi connectivity index (χ1v) is 8.73. The van der Waals surface area contributed by atoms with Crippen molar-refractivity contribution in [2.45, 2.75) is 59.2 Å². The van der Waals surface area contributed by atoms with Gasteiger partial charge in [0.05, 0.1) is 16.7 Å². The molecule has 1 aliphatic heterocycles. The molecule has 2 rings (SSSR count). The summed E-state index contributed by atoms with van der Waals surface area (Å²) in [6.45, 7) is 8.93. The number of amides is 1. The molecular formula is C16H25N3O3S. The number of aromatic nitrogens is 1. The van der Waals surface area contributed by atoms with E-state index in [9.17, 15) is 14.7 Å². The minimum absolute atomic E-state index is 0.117. The predicted octanol–water partition coefficient (Wildman–Crippen LogP) is 2.03. The summed E-state index contributed by atoms with van der Waals surface area (Å²) < 4.78 is 0. The van der Waals surface area contributed by atoms with Gasteiger partial charge in [0.1, 0.15) is 6.04 Å². The number of hydrogen-bond acceptors (Lipinski definition) is 5. The van der Waals surface area contributed by atoms with Crippen LogP contribution in [0.5, 0.6) is 0 Å². The van der Waals surface area contributed by atoms with Gasteiger partial charge in [0.25, 0.3) is 0 Å². The van der Waals surface area contributed by atoms with E-state index in [1.807, 2.05) is 33.1 Å². The Morgan fingerprint density at radius 3 is 2.78 bits per heavy atom. The fraction of sp³-hybridized carbons (Fsp3) is 0.688. The Bertz CT molecular complexity index is 579. The molecule has 2 heterocycles. The molecule has 1 fully saturated rings. The van der Waals surface area contributed by atoms with Gasteiger partial charge in [0, 0.05) is 18.5 Å². The first-order valence-electron chi connectivity index (χ1n) is 7.85. The van der Waals surface area contributed by atoms with E-state index in [0.29, 0.717) is 25.9 Å². The standard InChI is InChI=1S/C16H25N3O3S/c1-10-18-11(9-23-10)8-17-12-5-6-19(14(12)20)13(15(21)22)7-16(2,3)4/h9,12-13,17H,5-8H2,1-4H3,(H,21,22)/t12-,13-/m0/s1. The highest BCUT2D eigenvalue weighted by molar-refractivity contribution is 7.09. The summed E-state index contributed by atoms with van der Waals surface area (Å²) in [6, 6.07) is -1.07. The molecule has 0 aromatic carbocycles. The zero-order chi connectivity index (χ0) is 17.2. The second-order valence-electron chi connectivity index (χ2n) is 7.23. The Morgan fingerprint density at radius 2 is 2.26 bits per heavy atom. The fourth-order valence-electron chi connectivity index (χ4n) is 2.83. The number of carboxylic acid groups (broad SMARTS) is 1. The molecule has 0 bridgehead atoms. The Kier molecular flexibility index (Phi) is 5.41. The van der Waals surface area contributed by atoms with Gasteiger partial charge in [-0.05, 0) is 25.2 Å². The summed E-state index contributed by atoms with van der Waals surface area (Å²) in [7, 11) is 0. The van der Waals surface area contributed by atoms with Crippen LogP contribution in [0.2, 0.25) is 0 Å². The highest BCUT2D eigenvalue weighted by Gasteiger charge is 2.40. The summed E-state index contributed by atoms with van der Waals surface area (Å²) in [5, 5.41) is 15.7. The van der Waals surface area contributed by atoms with Crippen molar-refractivity contribution in [2.75, 3.05) is 6.54 Å². The van der Waals surface area contributed by atoms with Crippen LogP contribution in [0.1, 0.15) is 44.3 Å². The number of likely N-dealkylation sites (tertiary alicyclic amines) is 1. The number of carboxylic acids is 1. The second kappa shape index (κ2) is 6.97. The number of aryl methyl sites for hydroxylation is 1. The summed E-state index contributed by atoms with van der Waals surface area (Å²) in [5.74, 6) is -1.04. The maximum absolute atomic E-state index is 12.5. The Hall–Kier alpha value is -1.47. The summed E-state index contributed by atoms with van der Waals surface area (Å²) in [6.07, 6.45) is 1.09. The van der Waals surface area contributed by atoms with Crippen molar-refractivity contribution < 1.29 is 14.7 Å². The van der Waals surface area contributed by atoms with Crippen LogP contribution in [0.4, 0.5) is 0 Å². The van der Waals surface area contributed by atoms with Crippen molar-refractivity contribution in [3.05, 3.63) is 16.1 Å². The van der Waals surface area contributed by atoms with Crippen molar-refractivity contribution in [2.24, 2.45) is 5.41 Å². The van der Waals surface area contributed by atoms with Crippen molar-refractivity contribution in [3.63, 3.8) is 0 Å². The quantitative estimate of drug-likeness (QED) is 0.829. The maximum Gasteiger partial charge on any atom is 0.326 e. The van der Waals surface area contributed by atoms with Crippen LogP contribution < -0.4 is 5.32 Å². The van der Waals surface area contributed by atoms with Gasteiger partial charge in [0.2, 0.25) is 5.91 Å². The van der Waals surface area contributed by atoms with E-state index in [0.717, 1.165) is 10.7 Å².